The second kappa shape index (κ2) is 15.3. The van der Waals surface area contributed by atoms with Gasteiger partial charge in [-0.2, -0.15) is 0 Å². The van der Waals surface area contributed by atoms with Crippen LogP contribution in [-0.4, -0.2) is 21.1 Å². The van der Waals surface area contributed by atoms with Gasteiger partial charge in [0.1, 0.15) is 0 Å². The topological polar surface area (TPSA) is 9.23 Å². The van der Waals surface area contributed by atoms with Crippen LogP contribution >= 0.6 is 20.8 Å². The number of hydrogen-bond acceptors (Lipinski definition) is 1. The van der Waals surface area contributed by atoms with Crippen molar-refractivity contribution in [1.82, 2.24) is 0 Å². The molecular weight excluding hydrogens is 587 g/mol. The van der Waals surface area contributed by atoms with Gasteiger partial charge in [-0.05, 0) is 18.1 Å². The van der Waals surface area contributed by atoms with Crippen molar-refractivity contribution >= 4 is 45.0 Å². The van der Waals surface area contributed by atoms with Crippen molar-refractivity contribution in [3.05, 3.63) is 91.0 Å². The summed E-state index contributed by atoms with van der Waals surface area (Å²) in [6.07, 6.45) is 14.4. The first-order chi connectivity index (χ1) is 19.1. The first-order valence-electron chi connectivity index (χ1n) is 15.6. The standard InChI is InChI=1S/C36H54BrOPSi/c1-36(2,3)40(4,5)38-31-23-12-10-8-6-7-9-11-13-24-32-39(37,33-25-17-14-18-26-33,34-27-19-15-20-28-34)35-29-21-16-22-30-35/h14-22,25-30H,6-13,23-24,31-32H2,1-5H3. The van der Waals surface area contributed by atoms with Crippen LogP contribution in [0.3, 0.4) is 0 Å². The van der Waals surface area contributed by atoms with Crippen LogP contribution < -0.4 is 15.9 Å². The summed E-state index contributed by atoms with van der Waals surface area (Å²) in [5.41, 5.74) is 0. The Morgan fingerprint density at radius 3 is 1.23 bits per heavy atom. The molecular formula is C36H54BrOPSi. The molecule has 0 N–H and O–H groups in total. The van der Waals surface area contributed by atoms with E-state index in [1.54, 1.807) is 0 Å². The molecule has 0 fully saturated rings. The fourth-order valence-corrected chi connectivity index (χ4v) is 14.4. The summed E-state index contributed by atoms with van der Waals surface area (Å²) in [4.78, 5) is 0. The van der Waals surface area contributed by atoms with E-state index in [0.29, 0.717) is 5.04 Å². The predicted octanol–water partition coefficient (Wildman–Crippen LogP) is 10.7. The molecule has 0 unspecified atom stereocenters. The molecule has 3 aromatic rings. The van der Waals surface area contributed by atoms with Crippen LogP contribution in [0.5, 0.6) is 0 Å². The van der Waals surface area contributed by atoms with Crippen LogP contribution in [0.2, 0.25) is 18.1 Å². The summed E-state index contributed by atoms with van der Waals surface area (Å²) in [5, 5.41) is 1.86. The van der Waals surface area contributed by atoms with Gasteiger partial charge < -0.3 is 4.43 Å². The molecule has 0 aliphatic heterocycles. The van der Waals surface area contributed by atoms with Gasteiger partial charge in [0.2, 0.25) is 0 Å². The summed E-state index contributed by atoms with van der Waals surface area (Å²) in [6.45, 7) is 12.6. The first-order valence-corrected chi connectivity index (χ1v) is 23.0. The van der Waals surface area contributed by atoms with Crippen molar-refractivity contribution in [2.45, 2.75) is 103 Å². The van der Waals surface area contributed by atoms with Gasteiger partial charge >= 0.3 is 205 Å². The molecule has 0 aliphatic rings. The van der Waals surface area contributed by atoms with Crippen molar-refractivity contribution < 1.29 is 4.43 Å². The second-order valence-electron chi connectivity index (χ2n) is 13.1. The normalized spacial score (nSPS) is 13.6. The van der Waals surface area contributed by atoms with Crippen LogP contribution in [-0.2, 0) is 4.43 Å². The maximum atomic E-state index is 6.33. The monoisotopic (exact) mass is 640 g/mol. The second-order valence-corrected chi connectivity index (χ2v) is 26.9. The summed E-state index contributed by atoms with van der Waals surface area (Å²) < 4.78 is 6.33. The Morgan fingerprint density at radius 1 is 0.550 bits per heavy atom. The van der Waals surface area contributed by atoms with Gasteiger partial charge in [-0.1, -0.05) is 20.8 Å². The average molecular weight is 642 g/mol. The number of hydrogen-bond donors (Lipinski definition) is 0. The molecule has 3 rings (SSSR count). The minimum atomic E-state index is -2.75. The fraction of sp³-hybridized carbons (Fsp3) is 0.500. The van der Waals surface area contributed by atoms with Crippen molar-refractivity contribution in [2.24, 2.45) is 0 Å². The molecule has 4 heteroatoms. The van der Waals surface area contributed by atoms with Crippen LogP contribution in [0, 0.1) is 0 Å². The average Bonchev–Trinajstić information content (AvgIpc) is 2.96. The Labute approximate surface area is 255 Å². The van der Waals surface area contributed by atoms with E-state index in [1.165, 1.54) is 80.1 Å². The zero-order valence-electron chi connectivity index (χ0n) is 25.9. The molecule has 0 spiro atoms. The van der Waals surface area contributed by atoms with E-state index in [0.717, 1.165) is 12.8 Å². The molecule has 0 radical (unpaired) electrons. The van der Waals surface area contributed by atoms with Crippen LogP contribution in [0.15, 0.2) is 91.0 Å². The number of unbranched alkanes of at least 4 members (excludes halogenated alkanes) is 9. The summed E-state index contributed by atoms with van der Waals surface area (Å²) >= 11 is 4.59. The molecule has 3 aromatic carbocycles. The van der Waals surface area contributed by atoms with E-state index in [-0.39, 0.29) is 0 Å². The third-order valence-electron chi connectivity index (χ3n) is 9.13. The maximum absolute atomic E-state index is 6.33. The van der Waals surface area contributed by atoms with Crippen LogP contribution in [0.25, 0.3) is 0 Å². The number of rotatable bonds is 17. The van der Waals surface area contributed by atoms with Gasteiger partial charge in [-0.25, -0.2) is 0 Å². The van der Waals surface area contributed by atoms with Crippen molar-refractivity contribution in [3.63, 3.8) is 0 Å². The molecule has 0 saturated carbocycles. The molecule has 1 nitrogen and oxygen atoms in total. The summed E-state index contributed by atoms with van der Waals surface area (Å²) in [7, 11) is -1.58. The van der Waals surface area contributed by atoms with E-state index in [4.69, 9.17) is 4.43 Å². The third-order valence-corrected chi connectivity index (χ3v) is 23.7. The van der Waals surface area contributed by atoms with E-state index < -0.39 is 13.6 Å². The summed E-state index contributed by atoms with van der Waals surface area (Å²) in [5.74, 6) is 0. The van der Waals surface area contributed by atoms with Gasteiger partial charge in [-0.3, -0.25) is 0 Å². The Hall–Kier alpha value is -1.25. The number of halogens is 1. The molecule has 0 atom stereocenters. The van der Waals surface area contributed by atoms with Gasteiger partial charge in [0, 0.05) is 0 Å². The molecule has 0 aromatic heterocycles. The zero-order chi connectivity index (χ0) is 29.0. The molecule has 0 aliphatic carbocycles. The number of benzene rings is 3. The Bertz CT molecular complexity index is 1010. The van der Waals surface area contributed by atoms with Gasteiger partial charge in [0.15, 0.2) is 8.32 Å². The van der Waals surface area contributed by atoms with Crippen LogP contribution in [0.4, 0.5) is 0 Å². The van der Waals surface area contributed by atoms with E-state index >= 15 is 0 Å². The quantitative estimate of drug-likeness (QED) is 0.0810. The molecule has 0 amide bonds. The van der Waals surface area contributed by atoms with E-state index in [1.807, 2.05) is 0 Å². The third kappa shape index (κ3) is 8.40. The fourth-order valence-electron chi connectivity index (χ4n) is 5.52. The van der Waals surface area contributed by atoms with E-state index in [9.17, 15) is 0 Å². The predicted molar refractivity (Wildman–Crippen MR) is 188 cm³/mol. The Kier molecular flexibility index (Phi) is 12.7. The molecule has 220 valence electrons. The van der Waals surface area contributed by atoms with Crippen molar-refractivity contribution in [1.29, 1.82) is 0 Å². The minimum absolute atomic E-state index is 0.316. The Morgan fingerprint density at radius 2 is 0.875 bits per heavy atom. The first kappa shape index (κ1) is 33.3. The Balaban J connectivity index is 1.46. The van der Waals surface area contributed by atoms with Gasteiger partial charge in [0.25, 0.3) is 0 Å². The zero-order valence-corrected chi connectivity index (χ0v) is 29.4. The van der Waals surface area contributed by atoms with Crippen molar-refractivity contribution in [3.8, 4) is 0 Å². The van der Waals surface area contributed by atoms with Crippen molar-refractivity contribution in [2.75, 3.05) is 12.8 Å². The summed E-state index contributed by atoms with van der Waals surface area (Å²) in [6, 6.07) is 33.6. The molecule has 40 heavy (non-hydrogen) atoms. The van der Waals surface area contributed by atoms with Gasteiger partial charge in [0.05, 0.1) is 0 Å². The van der Waals surface area contributed by atoms with E-state index in [2.05, 4.69) is 140 Å². The molecule has 0 heterocycles. The van der Waals surface area contributed by atoms with Gasteiger partial charge in [-0.15, -0.1) is 0 Å². The molecule has 0 saturated heterocycles. The molecule has 0 bridgehead atoms. The van der Waals surface area contributed by atoms with Crippen LogP contribution in [0.1, 0.15) is 85.0 Å². The SMILES string of the molecule is CC(C)(C)[Si](C)(C)OCCCCCCCCCCCCP(Br)(c1ccccc1)(c1ccccc1)c1ccccc1.